The quantitative estimate of drug-likeness (QED) is 0.400. The van der Waals surface area contributed by atoms with Gasteiger partial charge < -0.3 is 20.1 Å². The number of anilines is 1. The molecule has 1 aromatic carbocycles. The Labute approximate surface area is 200 Å². The molecule has 2 N–H and O–H groups in total. The Morgan fingerprint density at radius 1 is 1.15 bits per heavy atom. The van der Waals surface area contributed by atoms with Crippen LogP contribution in [0.15, 0.2) is 47.2 Å². The van der Waals surface area contributed by atoms with E-state index >= 15 is 0 Å². The van der Waals surface area contributed by atoms with Crippen molar-refractivity contribution >= 4 is 45.4 Å². The summed E-state index contributed by atoms with van der Waals surface area (Å²) in [4.78, 5) is 53.8. The minimum atomic E-state index is -1.11. The van der Waals surface area contributed by atoms with Crippen molar-refractivity contribution in [1.29, 1.82) is 0 Å². The van der Waals surface area contributed by atoms with Gasteiger partial charge in [0.25, 0.3) is 0 Å². The minimum absolute atomic E-state index is 0.0276. The Kier molecular flexibility index (Phi) is 9.10. The summed E-state index contributed by atoms with van der Waals surface area (Å²) >= 11 is 3.34. The largest absolute Gasteiger partial charge is 0.469 e. The molecule has 2 amide bonds. The number of ether oxygens (including phenoxy) is 2. The predicted octanol–water partition coefficient (Wildman–Crippen LogP) is 3.86. The fourth-order valence-corrected chi connectivity index (χ4v) is 3.13. The highest BCUT2D eigenvalue weighted by Crippen LogP contribution is 2.24. The zero-order valence-corrected chi connectivity index (χ0v) is 20.4. The Morgan fingerprint density at radius 2 is 1.88 bits per heavy atom. The number of benzene rings is 1. The number of amides is 2. The van der Waals surface area contributed by atoms with Gasteiger partial charge in [-0.2, -0.15) is 0 Å². The molecule has 0 unspecified atom stereocenters. The summed E-state index contributed by atoms with van der Waals surface area (Å²) in [6.45, 7) is 5.07. The number of alkyl carbamates (subject to hydrolysis) is 1. The van der Waals surface area contributed by atoms with Crippen LogP contribution in [0.3, 0.4) is 0 Å². The lowest BCUT2D eigenvalue weighted by molar-refractivity contribution is -0.140. The number of esters is 1. The number of carbonyl (C=O) groups is 4. The van der Waals surface area contributed by atoms with Crippen molar-refractivity contribution in [2.24, 2.45) is 0 Å². The number of ketones is 1. The highest BCUT2D eigenvalue weighted by molar-refractivity contribution is 9.10. The number of hydrogen-bond acceptors (Lipinski definition) is 7. The molecule has 0 aliphatic rings. The number of halogens is 1. The predicted molar refractivity (Wildman–Crippen MR) is 125 cm³/mol. The van der Waals surface area contributed by atoms with Crippen LogP contribution >= 0.6 is 15.9 Å². The maximum Gasteiger partial charge on any atom is 0.408 e. The molecule has 176 valence electrons. The molecule has 2 rings (SSSR count). The molecule has 9 nitrogen and oxygen atoms in total. The van der Waals surface area contributed by atoms with Gasteiger partial charge in [0.2, 0.25) is 5.91 Å². The van der Waals surface area contributed by atoms with Crippen molar-refractivity contribution in [3.8, 4) is 0 Å². The molecule has 0 aliphatic carbocycles. The van der Waals surface area contributed by atoms with Crippen LogP contribution in [-0.4, -0.2) is 47.5 Å². The van der Waals surface area contributed by atoms with Crippen LogP contribution in [0.2, 0.25) is 0 Å². The first-order chi connectivity index (χ1) is 15.5. The second kappa shape index (κ2) is 11.6. The number of pyridine rings is 1. The normalized spacial score (nSPS) is 11.8. The highest BCUT2D eigenvalue weighted by Gasteiger charge is 2.26. The van der Waals surface area contributed by atoms with Crippen molar-refractivity contribution in [3.05, 3.63) is 58.3 Å². The number of hydrogen-bond donors (Lipinski definition) is 2. The van der Waals surface area contributed by atoms with E-state index in [2.05, 4.69) is 36.3 Å². The fourth-order valence-electron chi connectivity index (χ4n) is 2.77. The summed E-state index contributed by atoms with van der Waals surface area (Å²) in [5, 5.41) is 5.15. The lowest BCUT2D eigenvalue weighted by atomic mass is 10.0. The van der Waals surface area contributed by atoms with E-state index in [1.54, 1.807) is 57.3 Å². The van der Waals surface area contributed by atoms with Crippen LogP contribution in [0, 0.1) is 0 Å². The van der Waals surface area contributed by atoms with Crippen molar-refractivity contribution < 1.29 is 28.7 Å². The topological polar surface area (TPSA) is 124 Å². The Bertz CT molecular complexity index is 1020. The molecule has 0 fully saturated rings. The van der Waals surface area contributed by atoms with Gasteiger partial charge in [-0.15, -0.1) is 0 Å². The summed E-state index contributed by atoms with van der Waals surface area (Å²) in [5.41, 5.74) is 0.0451. The first kappa shape index (κ1) is 26.0. The molecule has 0 saturated carbocycles. The molecule has 0 aliphatic heterocycles. The molecule has 0 bridgehead atoms. The first-order valence-electron chi connectivity index (χ1n) is 10.1. The number of nitrogens with zero attached hydrogens (tertiary/aromatic N) is 1. The summed E-state index contributed by atoms with van der Waals surface area (Å²) in [6, 6.07) is 6.96. The van der Waals surface area contributed by atoms with Gasteiger partial charge in [-0.3, -0.25) is 19.4 Å². The molecule has 33 heavy (non-hydrogen) atoms. The van der Waals surface area contributed by atoms with Crippen LogP contribution in [0.1, 0.15) is 49.5 Å². The van der Waals surface area contributed by atoms with Gasteiger partial charge in [-0.05, 0) is 57.5 Å². The van der Waals surface area contributed by atoms with Gasteiger partial charge >= 0.3 is 12.1 Å². The van der Waals surface area contributed by atoms with E-state index in [0.717, 1.165) is 0 Å². The van der Waals surface area contributed by atoms with E-state index in [4.69, 9.17) is 4.74 Å². The maximum atomic E-state index is 13.0. The van der Waals surface area contributed by atoms with Gasteiger partial charge in [-0.25, -0.2) is 4.79 Å². The van der Waals surface area contributed by atoms with Crippen LogP contribution in [0.25, 0.3) is 0 Å². The van der Waals surface area contributed by atoms with E-state index in [-0.39, 0.29) is 29.9 Å². The zero-order valence-electron chi connectivity index (χ0n) is 18.8. The zero-order chi connectivity index (χ0) is 24.6. The van der Waals surface area contributed by atoms with Crippen molar-refractivity contribution in [2.75, 3.05) is 12.4 Å². The molecule has 1 heterocycles. The third kappa shape index (κ3) is 8.30. The molecule has 1 atom stereocenters. The Balaban J connectivity index is 2.27. The van der Waals surface area contributed by atoms with Crippen molar-refractivity contribution in [2.45, 2.75) is 45.3 Å². The summed E-state index contributed by atoms with van der Waals surface area (Å²) in [6.07, 6.45) is 2.04. The third-order valence-electron chi connectivity index (χ3n) is 4.28. The van der Waals surface area contributed by atoms with Crippen LogP contribution in [0.4, 0.5) is 10.5 Å². The molecule has 0 spiro atoms. The number of methoxy groups -OCH3 is 1. The van der Waals surface area contributed by atoms with Gasteiger partial charge in [-0.1, -0.05) is 15.9 Å². The average molecular weight is 520 g/mol. The van der Waals surface area contributed by atoms with Crippen LogP contribution in [0.5, 0.6) is 0 Å². The second-order valence-electron chi connectivity index (χ2n) is 8.06. The lowest BCUT2D eigenvalue weighted by Crippen LogP contribution is -2.46. The van der Waals surface area contributed by atoms with E-state index in [0.29, 0.717) is 10.0 Å². The van der Waals surface area contributed by atoms with Gasteiger partial charge in [0, 0.05) is 34.4 Å². The highest BCUT2D eigenvalue weighted by atomic mass is 79.9. The fraction of sp³-hybridized carbons (Fsp3) is 0.348. The number of nitrogens with one attached hydrogen (secondary N) is 2. The van der Waals surface area contributed by atoms with Crippen LogP contribution in [-0.2, 0) is 19.1 Å². The maximum absolute atomic E-state index is 13.0. The van der Waals surface area contributed by atoms with E-state index < -0.39 is 29.6 Å². The van der Waals surface area contributed by atoms with Gasteiger partial charge in [0.15, 0.2) is 5.78 Å². The smallest absolute Gasteiger partial charge is 0.408 e. The van der Waals surface area contributed by atoms with Crippen molar-refractivity contribution in [1.82, 2.24) is 10.3 Å². The standard InChI is InChI=1S/C23H26BrN3O6/c1-23(2,3)33-22(31)27-18(9-10-19(28)32-4)21(30)26-17-8-7-15(24)12-16(17)20(29)14-6-5-11-25-13-14/h5-8,11-13,18H,9-10H2,1-4H3,(H,26,30)(H,27,31)/t18-/m0/s1. The van der Waals surface area contributed by atoms with E-state index in [1.165, 1.54) is 13.3 Å². The van der Waals surface area contributed by atoms with Gasteiger partial charge in [0.1, 0.15) is 11.6 Å². The van der Waals surface area contributed by atoms with E-state index in [9.17, 15) is 19.2 Å². The SMILES string of the molecule is COC(=O)CC[C@H](NC(=O)OC(C)(C)C)C(=O)Nc1ccc(Br)cc1C(=O)c1cccnc1. The molecule has 0 radical (unpaired) electrons. The van der Waals surface area contributed by atoms with E-state index in [1.807, 2.05) is 0 Å². The van der Waals surface area contributed by atoms with Crippen LogP contribution < -0.4 is 10.6 Å². The summed E-state index contributed by atoms with van der Waals surface area (Å²) in [7, 11) is 1.23. The number of aromatic nitrogens is 1. The lowest BCUT2D eigenvalue weighted by Gasteiger charge is -2.23. The first-order valence-corrected chi connectivity index (χ1v) is 10.9. The molecular formula is C23H26BrN3O6. The molecule has 0 saturated heterocycles. The average Bonchev–Trinajstić information content (AvgIpc) is 2.76. The minimum Gasteiger partial charge on any atom is -0.469 e. The number of carbonyl (C=O) groups excluding carboxylic acids is 4. The summed E-state index contributed by atoms with van der Waals surface area (Å²) < 4.78 is 10.5. The molecule has 1 aromatic heterocycles. The summed E-state index contributed by atoms with van der Waals surface area (Å²) in [5.74, 6) is -1.49. The Morgan fingerprint density at radius 3 is 2.48 bits per heavy atom. The number of rotatable bonds is 8. The second-order valence-corrected chi connectivity index (χ2v) is 8.98. The van der Waals surface area contributed by atoms with Gasteiger partial charge in [0.05, 0.1) is 12.8 Å². The van der Waals surface area contributed by atoms with Crippen molar-refractivity contribution in [3.63, 3.8) is 0 Å². The molecule has 2 aromatic rings. The monoisotopic (exact) mass is 519 g/mol. The third-order valence-corrected chi connectivity index (χ3v) is 4.77. The molecular weight excluding hydrogens is 494 g/mol. The Hall–Kier alpha value is -3.27. The molecule has 10 heteroatoms.